The molecule has 0 atom stereocenters. The van der Waals surface area contributed by atoms with Crippen molar-refractivity contribution in [1.29, 1.82) is 0 Å². The Balaban J connectivity index is 2.68. The minimum absolute atomic E-state index is 0.0198. The molecule has 3 heteroatoms. The summed E-state index contributed by atoms with van der Waals surface area (Å²) in [6.45, 7) is 14.9. The Bertz CT molecular complexity index is 473. The molecule has 1 aliphatic rings. The zero-order chi connectivity index (χ0) is 15.1. The van der Waals surface area contributed by atoms with E-state index in [0.29, 0.717) is 13.2 Å². The van der Waals surface area contributed by atoms with Gasteiger partial charge < -0.3 is 0 Å². The third-order valence-electron chi connectivity index (χ3n) is 5.55. The molecule has 0 amide bonds. The van der Waals surface area contributed by atoms with Crippen molar-refractivity contribution in [3.63, 3.8) is 0 Å². The fourth-order valence-electron chi connectivity index (χ4n) is 3.92. The summed E-state index contributed by atoms with van der Waals surface area (Å²) in [5, 5.41) is 1.29. The molecule has 1 aromatic carbocycles. The minimum atomic E-state index is -2.83. The molecule has 1 saturated heterocycles. The molecule has 1 aromatic rings. The van der Waals surface area contributed by atoms with E-state index in [1.54, 1.807) is 0 Å². The standard InChI is InChI=1S/C17H29O2P/c1-7-18-20(19-8-2,15-12-10-9-11-13-15)14-16(3,4)17(20,5)6/h9-13H,7-8,14H2,1-6H3. The van der Waals surface area contributed by atoms with Gasteiger partial charge in [0.25, 0.3) is 0 Å². The van der Waals surface area contributed by atoms with E-state index in [1.165, 1.54) is 5.30 Å². The van der Waals surface area contributed by atoms with Crippen LogP contribution >= 0.6 is 7.06 Å². The molecule has 2 nitrogen and oxygen atoms in total. The Hall–Kier alpha value is -0.430. The first-order chi connectivity index (χ1) is 9.26. The van der Waals surface area contributed by atoms with Gasteiger partial charge in [-0.15, -0.1) is 0 Å². The van der Waals surface area contributed by atoms with Gasteiger partial charge in [0.05, 0.1) is 0 Å². The van der Waals surface area contributed by atoms with Gasteiger partial charge in [-0.3, -0.25) is 0 Å². The summed E-state index contributed by atoms with van der Waals surface area (Å²) < 4.78 is 13.1. The van der Waals surface area contributed by atoms with E-state index >= 15 is 0 Å². The topological polar surface area (TPSA) is 18.5 Å². The average molecular weight is 296 g/mol. The number of benzene rings is 1. The molecule has 114 valence electrons. The van der Waals surface area contributed by atoms with Gasteiger partial charge in [-0.25, -0.2) is 0 Å². The molecule has 0 N–H and O–H groups in total. The molecule has 1 fully saturated rings. The van der Waals surface area contributed by atoms with E-state index < -0.39 is 7.06 Å². The van der Waals surface area contributed by atoms with Gasteiger partial charge in [0, 0.05) is 0 Å². The van der Waals surface area contributed by atoms with E-state index in [0.717, 1.165) is 6.16 Å². The van der Waals surface area contributed by atoms with Crippen LogP contribution < -0.4 is 5.30 Å². The van der Waals surface area contributed by atoms with Crippen LogP contribution in [0, 0.1) is 5.41 Å². The van der Waals surface area contributed by atoms with Crippen LogP contribution in [0.2, 0.25) is 0 Å². The van der Waals surface area contributed by atoms with Crippen LogP contribution in [0.3, 0.4) is 0 Å². The predicted octanol–water partition coefficient (Wildman–Crippen LogP) is 4.59. The van der Waals surface area contributed by atoms with E-state index in [4.69, 9.17) is 9.05 Å². The van der Waals surface area contributed by atoms with Crippen molar-refractivity contribution in [2.45, 2.75) is 46.7 Å². The molecule has 2 rings (SSSR count). The first-order valence-electron chi connectivity index (χ1n) is 7.63. The normalized spacial score (nSPS) is 27.0. The second-order valence-corrected chi connectivity index (χ2v) is 11.6. The summed E-state index contributed by atoms with van der Waals surface area (Å²) in [5.74, 6) is 0. The van der Waals surface area contributed by atoms with Gasteiger partial charge in [0.15, 0.2) is 0 Å². The summed E-state index contributed by atoms with van der Waals surface area (Å²) in [7, 11) is -2.83. The zero-order valence-electron chi connectivity index (χ0n) is 13.8. The fourth-order valence-corrected chi connectivity index (χ4v) is 11.1. The quantitative estimate of drug-likeness (QED) is 0.740. The van der Waals surface area contributed by atoms with Crippen molar-refractivity contribution in [3.05, 3.63) is 30.3 Å². The molecule has 1 aliphatic heterocycles. The second kappa shape index (κ2) is 4.80. The van der Waals surface area contributed by atoms with Crippen molar-refractivity contribution < 1.29 is 9.05 Å². The molecule has 0 bridgehead atoms. The molecule has 0 saturated carbocycles. The average Bonchev–Trinajstić information content (AvgIpc) is 2.39. The molecule has 20 heavy (non-hydrogen) atoms. The van der Waals surface area contributed by atoms with Crippen molar-refractivity contribution in [2.75, 3.05) is 19.4 Å². The maximum absolute atomic E-state index is 6.54. The molecule has 0 unspecified atom stereocenters. The van der Waals surface area contributed by atoms with Crippen LogP contribution in [0.1, 0.15) is 41.5 Å². The van der Waals surface area contributed by atoms with E-state index in [2.05, 4.69) is 71.9 Å². The van der Waals surface area contributed by atoms with E-state index in [-0.39, 0.29) is 10.6 Å². The molecule has 1 heterocycles. The van der Waals surface area contributed by atoms with E-state index in [1.807, 2.05) is 0 Å². The Morgan fingerprint density at radius 1 is 0.950 bits per heavy atom. The molecular formula is C17H29O2P. The van der Waals surface area contributed by atoms with Gasteiger partial charge in [0.2, 0.25) is 0 Å². The Morgan fingerprint density at radius 3 is 1.80 bits per heavy atom. The van der Waals surface area contributed by atoms with Crippen LogP contribution in [0.15, 0.2) is 30.3 Å². The van der Waals surface area contributed by atoms with Crippen LogP contribution in [-0.2, 0) is 9.05 Å². The van der Waals surface area contributed by atoms with Crippen molar-refractivity contribution in [2.24, 2.45) is 5.41 Å². The van der Waals surface area contributed by atoms with Crippen molar-refractivity contribution in [1.82, 2.24) is 0 Å². The van der Waals surface area contributed by atoms with E-state index in [9.17, 15) is 0 Å². The van der Waals surface area contributed by atoms with Gasteiger partial charge in [-0.2, -0.15) is 0 Å². The first-order valence-corrected chi connectivity index (χ1v) is 9.89. The number of hydrogen-bond acceptors (Lipinski definition) is 2. The van der Waals surface area contributed by atoms with Gasteiger partial charge >= 0.3 is 123 Å². The first kappa shape index (κ1) is 15.9. The van der Waals surface area contributed by atoms with Crippen LogP contribution in [0.4, 0.5) is 0 Å². The third kappa shape index (κ3) is 1.68. The Labute approximate surface area is 124 Å². The molecule has 0 aliphatic carbocycles. The summed E-state index contributed by atoms with van der Waals surface area (Å²) in [6.07, 6.45) is 1.01. The molecule has 0 spiro atoms. The Kier molecular flexibility index (Phi) is 3.83. The molecule has 0 radical (unpaired) electrons. The van der Waals surface area contributed by atoms with Crippen LogP contribution in [0.5, 0.6) is 0 Å². The predicted molar refractivity (Wildman–Crippen MR) is 89.0 cm³/mol. The third-order valence-corrected chi connectivity index (χ3v) is 12.7. The SMILES string of the molecule is CCOP1(OCC)(c2ccccc2)CC(C)(C)C1(C)C. The second-order valence-electron chi connectivity index (χ2n) is 6.90. The van der Waals surface area contributed by atoms with Crippen molar-refractivity contribution in [3.8, 4) is 0 Å². The maximum atomic E-state index is 6.54. The monoisotopic (exact) mass is 296 g/mol. The van der Waals surface area contributed by atoms with Gasteiger partial charge in [0.1, 0.15) is 0 Å². The zero-order valence-corrected chi connectivity index (χ0v) is 14.7. The Morgan fingerprint density at radius 2 is 1.45 bits per heavy atom. The van der Waals surface area contributed by atoms with Gasteiger partial charge in [-0.05, 0) is 0 Å². The van der Waals surface area contributed by atoms with Crippen molar-refractivity contribution >= 4 is 12.4 Å². The fraction of sp³-hybridized carbons (Fsp3) is 0.647. The summed E-state index contributed by atoms with van der Waals surface area (Å²) >= 11 is 0. The summed E-state index contributed by atoms with van der Waals surface area (Å²) in [5.41, 5.74) is 0.227. The number of rotatable bonds is 5. The summed E-state index contributed by atoms with van der Waals surface area (Å²) in [6, 6.07) is 10.7. The van der Waals surface area contributed by atoms with Crippen LogP contribution in [0.25, 0.3) is 0 Å². The van der Waals surface area contributed by atoms with Gasteiger partial charge in [-0.1, -0.05) is 0 Å². The molecule has 0 aromatic heterocycles. The summed E-state index contributed by atoms with van der Waals surface area (Å²) in [4.78, 5) is 0. The van der Waals surface area contributed by atoms with Crippen LogP contribution in [-0.4, -0.2) is 24.5 Å². The number of hydrogen-bond donors (Lipinski definition) is 0. The molecular weight excluding hydrogens is 267 g/mol.